The number of rotatable bonds is 7. The Morgan fingerprint density at radius 2 is 2.29 bits per heavy atom. The summed E-state index contributed by atoms with van der Waals surface area (Å²) in [5.41, 5.74) is 4.39. The Morgan fingerprint density at radius 3 is 2.79 bits per heavy atom. The fourth-order valence-corrected chi connectivity index (χ4v) is 0.906. The lowest BCUT2D eigenvalue weighted by atomic mass is 10.0. The van der Waals surface area contributed by atoms with Crippen molar-refractivity contribution in [2.24, 2.45) is 10.9 Å². The van der Waals surface area contributed by atoms with Crippen LogP contribution >= 0.6 is 0 Å². The van der Waals surface area contributed by atoms with Crippen LogP contribution in [0.2, 0.25) is 0 Å². The zero-order valence-corrected chi connectivity index (χ0v) is 8.66. The largest absolute Gasteiger partial charge is 0.409 e. The van der Waals surface area contributed by atoms with Gasteiger partial charge in [-0.2, -0.15) is 0 Å². The number of hydrogen-bond acceptors (Lipinski definition) is 5. The molecule has 0 aromatic rings. The number of ether oxygens (including phenoxy) is 1. The highest BCUT2D eigenvalue weighted by Crippen LogP contribution is 2.06. The van der Waals surface area contributed by atoms with Crippen LogP contribution in [0.5, 0.6) is 0 Å². The first-order valence-corrected chi connectivity index (χ1v) is 4.40. The molecule has 0 saturated heterocycles. The molecule has 0 amide bonds. The van der Waals surface area contributed by atoms with Crippen molar-refractivity contribution in [3.63, 3.8) is 0 Å². The van der Waals surface area contributed by atoms with Crippen LogP contribution in [-0.4, -0.2) is 48.6 Å². The van der Waals surface area contributed by atoms with Crippen LogP contribution in [0.15, 0.2) is 5.16 Å². The highest BCUT2D eigenvalue weighted by molar-refractivity contribution is 5.81. The molecule has 0 radical (unpaired) electrons. The lowest BCUT2D eigenvalue weighted by Gasteiger charge is -2.23. The third-order valence-corrected chi connectivity index (χ3v) is 1.79. The molecule has 0 bridgehead atoms. The molecule has 0 saturated carbocycles. The molecule has 1 atom stereocenters. The molecule has 0 fully saturated rings. The zero-order valence-electron chi connectivity index (χ0n) is 8.66. The summed E-state index contributed by atoms with van der Waals surface area (Å²) in [4.78, 5) is 0. The molecule has 0 aromatic carbocycles. The standard InChI is InChI=1S/C8H19N3O3/c1-8(12,3-4-14-2)6-10-5-7(9)11-13/h10,12-13H,3-6H2,1-2H3,(H2,9,11). The predicted molar refractivity (Wildman–Crippen MR) is 53.4 cm³/mol. The van der Waals surface area contributed by atoms with Gasteiger partial charge >= 0.3 is 0 Å². The van der Waals surface area contributed by atoms with Gasteiger partial charge in [-0.05, 0) is 6.92 Å². The van der Waals surface area contributed by atoms with Crippen molar-refractivity contribution in [2.75, 3.05) is 26.8 Å². The molecule has 0 aliphatic rings. The summed E-state index contributed by atoms with van der Waals surface area (Å²) in [7, 11) is 1.58. The maximum absolute atomic E-state index is 9.75. The van der Waals surface area contributed by atoms with Gasteiger partial charge in [0.2, 0.25) is 0 Å². The molecule has 14 heavy (non-hydrogen) atoms. The second-order valence-electron chi connectivity index (χ2n) is 3.43. The van der Waals surface area contributed by atoms with Gasteiger partial charge in [0, 0.05) is 26.7 Å². The summed E-state index contributed by atoms with van der Waals surface area (Å²) >= 11 is 0. The minimum absolute atomic E-state index is 0.0903. The Balaban J connectivity index is 3.64. The SMILES string of the molecule is COCCC(C)(O)CNCC(N)=NO. The van der Waals surface area contributed by atoms with Gasteiger partial charge in [0.05, 0.1) is 12.1 Å². The molecule has 1 unspecified atom stereocenters. The first-order valence-electron chi connectivity index (χ1n) is 4.40. The van der Waals surface area contributed by atoms with Crippen molar-refractivity contribution in [2.45, 2.75) is 18.9 Å². The Morgan fingerprint density at radius 1 is 1.64 bits per heavy atom. The maximum Gasteiger partial charge on any atom is 0.153 e. The number of aliphatic hydroxyl groups is 1. The molecule has 0 rings (SSSR count). The van der Waals surface area contributed by atoms with Gasteiger partial charge in [-0.15, -0.1) is 0 Å². The number of methoxy groups -OCH3 is 1. The van der Waals surface area contributed by atoms with Crippen molar-refractivity contribution in [3.05, 3.63) is 0 Å². The van der Waals surface area contributed by atoms with E-state index in [2.05, 4.69) is 10.5 Å². The highest BCUT2D eigenvalue weighted by Gasteiger charge is 2.19. The highest BCUT2D eigenvalue weighted by atomic mass is 16.5. The lowest BCUT2D eigenvalue weighted by molar-refractivity contribution is 0.0259. The van der Waals surface area contributed by atoms with Crippen LogP contribution in [0.4, 0.5) is 0 Å². The van der Waals surface area contributed by atoms with Crippen LogP contribution in [0.25, 0.3) is 0 Å². The number of oxime groups is 1. The van der Waals surface area contributed by atoms with E-state index >= 15 is 0 Å². The number of nitrogens with one attached hydrogen (secondary N) is 1. The lowest BCUT2D eigenvalue weighted by Crippen LogP contribution is -2.41. The van der Waals surface area contributed by atoms with Gasteiger partial charge < -0.3 is 26.1 Å². The molecular weight excluding hydrogens is 186 g/mol. The van der Waals surface area contributed by atoms with Crippen LogP contribution in [0.1, 0.15) is 13.3 Å². The minimum atomic E-state index is -0.842. The number of hydrogen-bond donors (Lipinski definition) is 4. The summed E-state index contributed by atoms with van der Waals surface area (Å²) in [6, 6.07) is 0. The molecule has 0 aliphatic heterocycles. The third-order valence-electron chi connectivity index (χ3n) is 1.79. The van der Waals surface area contributed by atoms with Gasteiger partial charge in [-0.1, -0.05) is 5.16 Å². The van der Waals surface area contributed by atoms with Crippen LogP contribution in [0.3, 0.4) is 0 Å². The van der Waals surface area contributed by atoms with E-state index < -0.39 is 5.60 Å². The summed E-state index contributed by atoms with van der Waals surface area (Å²) in [5, 5.41) is 23.7. The van der Waals surface area contributed by atoms with Crippen molar-refractivity contribution < 1.29 is 15.1 Å². The molecule has 6 nitrogen and oxygen atoms in total. The average Bonchev–Trinajstić information content (AvgIpc) is 2.14. The minimum Gasteiger partial charge on any atom is -0.409 e. The average molecular weight is 205 g/mol. The molecule has 6 heteroatoms. The smallest absolute Gasteiger partial charge is 0.153 e. The summed E-state index contributed by atoms with van der Waals surface area (Å²) in [5.74, 6) is 0.0903. The topological polar surface area (TPSA) is 100 Å². The molecule has 0 aliphatic carbocycles. The summed E-state index contributed by atoms with van der Waals surface area (Å²) < 4.78 is 4.85. The van der Waals surface area contributed by atoms with E-state index in [0.717, 1.165) is 0 Å². The van der Waals surface area contributed by atoms with Crippen molar-refractivity contribution in [1.29, 1.82) is 0 Å². The summed E-state index contributed by atoms with van der Waals surface area (Å²) in [6.45, 7) is 2.82. The van der Waals surface area contributed by atoms with Crippen LogP contribution in [-0.2, 0) is 4.74 Å². The van der Waals surface area contributed by atoms with E-state index in [-0.39, 0.29) is 12.4 Å². The van der Waals surface area contributed by atoms with Gasteiger partial charge in [0.1, 0.15) is 0 Å². The van der Waals surface area contributed by atoms with Gasteiger partial charge in [-0.3, -0.25) is 0 Å². The fraction of sp³-hybridized carbons (Fsp3) is 0.875. The molecule has 0 spiro atoms. The second-order valence-corrected chi connectivity index (χ2v) is 3.43. The molecule has 84 valence electrons. The molecule has 0 aromatic heterocycles. The maximum atomic E-state index is 9.75. The normalized spacial score (nSPS) is 16.6. The quantitative estimate of drug-likeness (QED) is 0.187. The number of nitrogens with two attached hydrogens (primary N) is 1. The third kappa shape index (κ3) is 6.64. The monoisotopic (exact) mass is 205 g/mol. The second kappa shape index (κ2) is 6.58. The van der Waals surface area contributed by atoms with Gasteiger partial charge in [-0.25, -0.2) is 0 Å². The van der Waals surface area contributed by atoms with E-state index in [1.807, 2.05) is 0 Å². The molecular formula is C8H19N3O3. The van der Waals surface area contributed by atoms with E-state index in [0.29, 0.717) is 19.6 Å². The zero-order chi connectivity index (χ0) is 11.0. The van der Waals surface area contributed by atoms with Crippen LogP contribution < -0.4 is 11.1 Å². The number of amidine groups is 1. The fourth-order valence-electron chi connectivity index (χ4n) is 0.906. The predicted octanol–water partition coefficient (Wildman–Crippen LogP) is -0.890. The Kier molecular flexibility index (Phi) is 6.18. The Hall–Kier alpha value is -0.850. The molecule has 5 N–H and O–H groups in total. The van der Waals surface area contributed by atoms with E-state index in [1.54, 1.807) is 14.0 Å². The first kappa shape index (κ1) is 13.2. The van der Waals surface area contributed by atoms with Gasteiger partial charge in [0.25, 0.3) is 0 Å². The Bertz CT molecular complexity index is 183. The van der Waals surface area contributed by atoms with Crippen molar-refractivity contribution >= 4 is 5.84 Å². The van der Waals surface area contributed by atoms with Crippen molar-refractivity contribution in [1.82, 2.24) is 5.32 Å². The van der Waals surface area contributed by atoms with Crippen LogP contribution in [0, 0.1) is 0 Å². The summed E-state index contributed by atoms with van der Waals surface area (Å²) in [6.07, 6.45) is 0.534. The Labute approximate surface area is 83.7 Å². The van der Waals surface area contributed by atoms with E-state index in [4.69, 9.17) is 15.7 Å². The number of nitrogens with zero attached hydrogens (tertiary/aromatic N) is 1. The first-order chi connectivity index (χ1) is 6.52. The molecule has 0 heterocycles. The van der Waals surface area contributed by atoms with E-state index in [9.17, 15) is 5.11 Å². The van der Waals surface area contributed by atoms with Crippen molar-refractivity contribution in [3.8, 4) is 0 Å². The van der Waals surface area contributed by atoms with Gasteiger partial charge in [0.15, 0.2) is 5.84 Å². The van der Waals surface area contributed by atoms with E-state index in [1.165, 1.54) is 0 Å².